The van der Waals surface area contributed by atoms with Crippen molar-refractivity contribution >= 4 is 15.7 Å². The van der Waals surface area contributed by atoms with Crippen LogP contribution in [0.5, 0.6) is 0 Å². The molecular formula is C29H31F3N2O2S. The fourth-order valence-corrected chi connectivity index (χ4v) is 7.15. The quantitative estimate of drug-likeness (QED) is 0.367. The molecule has 0 radical (unpaired) electrons. The molecule has 0 amide bonds. The van der Waals surface area contributed by atoms with E-state index in [4.69, 9.17) is 0 Å². The van der Waals surface area contributed by atoms with Crippen LogP contribution in [-0.4, -0.2) is 15.0 Å². The Bertz CT molecular complexity index is 1310. The van der Waals surface area contributed by atoms with Gasteiger partial charge in [0.25, 0.3) is 0 Å². The summed E-state index contributed by atoms with van der Waals surface area (Å²) in [5.41, 5.74) is 2.70. The Labute approximate surface area is 216 Å². The molecule has 3 aromatic rings. The summed E-state index contributed by atoms with van der Waals surface area (Å²) in [6.45, 7) is 0.341. The van der Waals surface area contributed by atoms with Crippen LogP contribution in [0.3, 0.4) is 0 Å². The zero-order valence-corrected chi connectivity index (χ0v) is 21.2. The summed E-state index contributed by atoms with van der Waals surface area (Å²) in [4.78, 5) is 0. The average Bonchev–Trinajstić information content (AvgIpc) is 3.10. The zero-order chi connectivity index (χ0) is 26.0. The first-order chi connectivity index (χ1) is 17.7. The summed E-state index contributed by atoms with van der Waals surface area (Å²) in [5, 5.41) is 3.54. The van der Waals surface area contributed by atoms with E-state index in [1.54, 1.807) is 18.2 Å². The third-order valence-corrected chi connectivity index (χ3v) is 9.10. The SMILES string of the molecule is O=S(=O)(Cc1ccccc1)NC[C@H]1CC[C@@H]2[C@H](CC1)c1cc(C(F)(F)F)ccc1N[C@H]2c1ccccc1. The van der Waals surface area contributed by atoms with Crippen molar-refractivity contribution in [3.05, 3.63) is 101 Å². The third-order valence-electron chi connectivity index (χ3n) is 7.78. The van der Waals surface area contributed by atoms with Crippen molar-refractivity contribution in [2.24, 2.45) is 11.8 Å². The number of hydrogen-bond donors (Lipinski definition) is 2. The molecule has 2 N–H and O–H groups in total. The van der Waals surface area contributed by atoms with Crippen molar-refractivity contribution in [3.63, 3.8) is 0 Å². The van der Waals surface area contributed by atoms with E-state index in [-0.39, 0.29) is 29.5 Å². The maximum Gasteiger partial charge on any atom is 0.416 e. The number of nitrogens with one attached hydrogen (secondary N) is 2. The lowest BCUT2D eigenvalue weighted by Gasteiger charge is -2.41. The summed E-state index contributed by atoms with van der Waals surface area (Å²) < 4.78 is 68.8. The molecule has 1 fully saturated rings. The molecule has 196 valence electrons. The molecule has 1 aliphatic carbocycles. The number of alkyl halides is 3. The Balaban J connectivity index is 1.36. The van der Waals surface area contributed by atoms with Gasteiger partial charge in [0.1, 0.15) is 0 Å². The van der Waals surface area contributed by atoms with Gasteiger partial charge in [0.05, 0.1) is 17.4 Å². The van der Waals surface area contributed by atoms with Crippen molar-refractivity contribution in [3.8, 4) is 0 Å². The molecule has 0 spiro atoms. The van der Waals surface area contributed by atoms with Gasteiger partial charge in [0.2, 0.25) is 10.0 Å². The number of hydrogen-bond acceptors (Lipinski definition) is 3. The zero-order valence-electron chi connectivity index (χ0n) is 20.4. The molecule has 1 saturated carbocycles. The summed E-state index contributed by atoms with van der Waals surface area (Å²) in [5.74, 6) is 0.139. The van der Waals surface area contributed by atoms with Crippen LogP contribution >= 0.6 is 0 Å². The summed E-state index contributed by atoms with van der Waals surface area (Å²) in [6, 6.07) is 23.1. The number of benzene rings is 3. The van der Waals surface area contributed by atoms with E-state index < -0.39 is 21.8 Å². The van der Waals surface area contributed by atoms with Gasteiger partial charge < -0.3 is 5.32 Å². The van der Waals surface area contributed by atoms with Gasteiger partial charge in [-0.25, -0.2) is 13.1 Å². The molecule has 0 aromatic heterocycles. The summed E-state index contributed by atoms with van der Waals surface area (Å²) in [7, 11) is -3.48. The first kappa shape index (κ1) is 25.8. The minimum Gasteiger partial charge on any atom is -0.378 e. The highest BCUT2D eigenvalue weighted by Crippen LogP contribution is 2.52. The minimum absolute atomic E-state index is 0.0102. The molecule has 3 aromatic carbocycles. The molecule has 5 rings (SSSR count). The van der Waals surface area contributed by atoms with Crippen LogP contribution in [0.4, 0.5) is 18.9 Å². The molecule has 1 heterocycles. The number of sulfonamides is 1. The van der Waals surface area contributed by atoms with E-state index in [0.717, 1.165) is 54.1 Å². The molecule has 8 heteroatoms. The first-order valence-electron chi connectivity index (χ1n) is 12.7. The summed E-state index contributed by atoms with van der Waals surface area (Å²) in [6.07, 6.45) is -1.31. The van der Waals surface area contributed by atoms with Crippen molar-refractivity contribution < 1.29 is 21.6 Å². The van der Waals surface area contributed by atoms with Gasteiger partial charge in [-0.2, -0.15) is 13.2 Å². The highest BCUT2D eigenvalue weighted by atomic mass is 32.2. The number of halogens is 3. The van der Waals surface area contributed by atoms with Crippen molar-refractivity contribution in [2.75, 3.05) is 11.9 Å². The van der Waals surface area contributed by atoms with Crippen molar-refractivity contribution in [1.82, 2.24) is 4.72 Å². The molecule has 4 atom stereocenters. The Kier molecular flexibility index (Phi) is 7.32. The predicted octanol–water partition coefficient (Wildman–Crippen LogP) is 6.88. The van der Waals surface area contributed by atoms with Crippen LogP contribution in [-0.2, 0) is 22.0 Å². The molecule has 0 unspecified atom stereocenters. The highest BCUT2D eigenvalue weighted by Gasteiger charge is 2.41. The van der Waals surface area contributed by atoms with Gasteiger partial charge in [-0.1, -0.05) is 60.7 Å². The lowest BCUT2D eigenvalue weighted by molar-refractivity contribution is -0.137. The van der Waals surface area contributed by atoms with Gasteiger partial charge >= 0.3 is 6.18 Å². The Morgan fingerprint density at radius 1 is 0.865 bits per heavy atom. The number of rotatable bonds is 6. The topological polar surface area (TPSA) is 58.2 Å². The van der Waals surface area contributed by atoms with Gasteiger partial charge in [-0.15, -0.1) is 0 Å². The lowest BCUT2D eigenvalue weighted by atomic mass is 9.72. The maximum atomic E-state index is 13.5. The largest absolute Gasteiger partial charge is 0.416 e. The Morgan fingerprint density at radius 3 is 2.24 bits per heavy atom. The molecule has 0 bridgehead atoms. The van der Waals surface area contributed by atoms with Crippen LogP contribution in [0.2, 0.25) is 0 Å². The van der Waals surface area contributed by atoms with Crippen LogP contribution in [0, 0.1) is 11.8 Å². The molecule has 37 heavy (non-hydrogen) atoms. The monoisotopic (exact) mass is 528 g/mol. The number of fused-ring (bicyclic) bond motifs is 3. The molecule has 4 nitrogen and oxygen atoms in total. The smallest absolute Gasteiger partial charge is 0.378 e. The van der Waals surface area contributed by atoms with Crippen LogP contribution in [0.1, 0.15) is 59.9 Å². The van der Waals surface area contributed by atoms with E-state index >= 15 is 0 Å². The maximum absolute atomic E-state index is 13.5. The van der Waals surface area contributed by atoms with Crippen LogP contribution < -0.4 is 10.0 Å². The van der Waals surface area contributed by atoms with E-state index in [1.165, 1.54) is 6.07 Å². The van der Waals surface area contributed by atoms with Crippen molar-refractivity contribution in [2.45, 2.75) is 49.6 Å². The van der Waals surface area contributed by atoms with E-state index in [1.807, 2.05) is 36.4 Å². The van der Waals surface area contributed by atoms with Crippen LogP contribution in [0.15, 0.2) is 78.9 Å². The van der Waals surface area contributed by atoms with Gasteiger partial charge in [-0.05, 0) is 78.3 Å². The second-order valence-corrected chi connectivity index (χ2v) is 12.0. The molecule has 2 aliphatic rings. The fraction of sp³-hybridized carbons (Fsp3) is 0.379. The van der Waals surface area contributed by atoms with Crippen molar-refractivity contribution in [1.29, 1.82) is 0 Å². The van der Waals surface area contributed by atoms with Crippen LogP contribution in [0.25, 0.3) is 0 Å². The standard InChI is InChI=1S/C29H31F3N2O2S/c30-29(31,32)23-13-16-27-26(17-23)24-14-11-20(18-33-37(35,36)19-21-7-3-1-4-8-21)12-15-25(24)28(34-27)22-9-5-2-6-10-22/h1-10,13,16-17,20,24-25,28,33-34H,11-12,14-15,18-19H2/t20-,24+,25-,28+/m1/s1. The first-order valence-corrected chi connectivity index (χ1v) is 14.4. The van der Waals surface area contributed by atoms with Gasteiger partial charge in [-0.3, -0.25) is 0 Å². The number of anilines is 1. The normalized spacial score (nSPS) is 23.9. The molecule has 1 aliphatic heterocycles. The molecular weight excluding hydrogens is 497 g/mol. The minimum atomic E-state index is -4.40. The van der Waals surface area contributed by atoms with E-state index in [9.17, 15) is 21.6 Å². The van der Waals surface area contributed by atoms with Gasteiger partial charge in [0, 0.05) is 12.2 Å². The van der Waals surface area contributed by atoms with Gasteiger partial charge in [0.15, 0.2) is 0 Å². The third kappa shape index (κ3) is 6.02. The second-order valence-electron chi connectivity index (χ2n) is 10.2. The average molecular weight is 529 g/mol. The van der Waals surface area contributed by atoms with E-state index in [0.29, 0.717) is 6.54 Å². The summed E-state index contributed by atoms with van der Waals surface area (Å²) >= 11 is 0. The molecule has 0 saturated heterocycles. The van der Waals surface area contributed by atoms with E-state index in [2.05, 4.69) is 22.2 Å². The fourth-order valence-electron chi connectivity index (χ4n) is 5.92. The second kappa shape index (κ2) is 10.5. The predicted molar refractivity (Wildman–Crippen MR) is 140 cm³/mol. The highest BCUT2D eigenvalue weighted by molar-refractivity contribution is 7.88. The Hall–Kier alpha value is -2.84. The Morgan fingerprint density at radius 2 is 1.54 bits per heavy atom. The lowest BCUT2D eigenvalue weighted by Crippen LogP contribution is -2.31.